The van der Waals surface area contributed by atoms with Crippen LogP contribution >= 0.6 is 0 Å². The van der Waals surface area contributed by atoms with Gasteiger partial charge in [-0.2, -0.15) is 0 Å². The van der Waals surface area contributed by atoms with E-state index in [0.29, 0.717) is 34.2 Å². The molecule has 0 amide bonds. The van der Waals surface area contributed by atoms with Crippen LogP contribution in [0.4, 0.5) is 22.7 Å². The fraction of sp³-hybridized carbons (Fsp3) is 0. The van der Waals surface area contributed by atoms with Crippen LogP contribution < -0.4 is 27.7 Å². The first-order chi connectivity index (χ1) is 8.08. The van der Waals surface area contributed by atoms with E-state index in [-0.39, 0.29) is 0 Å². The predicted octanol–water partition coefficient (Wildman–Crippen LogP) is 1.81. The molecule has 8 N–H and O–H groups in total. The molecular weight excluding hydrogens is 216 g/mol. The third-order valence-electron chi connectivity index (χ3n) is 2.39. The summed E-state index contributed by atoms with van der Waals surface area (Å²) in [5.74, 6) is 1.06. The standard InChI is InChI=1S/C12H14N4O/c13-8-5-4-7(6-10(8)15)17-11-3-1-2-9(14)12(11)16/h1-6H,13-16H2. The highest BCUT2D eigenvalue weighted by molar-refractivity contribution is 5.71. The Hall–Kier alpha value is -2.56. The average Bonchev–Trinajstić information content (AvgIpc) is 2.30. The molecule has 5 nitrogen and oxygen atoms in total. The van der Waals surface area contributed by atoms with E-state index in [4.69, 9.17) is 27.7 Å². The lowest BCUT2D eigenvalue weighted by Crippen LogP contribution is -1.98. The second kappa shape index (κ2) is 4.13. The second-order valence-electron chi connectivity index (χ2n) is 3.65. The van der Waals surface area contributed by atoms with Crippen molar-refractivity contribution < 1.29 is 4.74 Å². The molecule has 17 heavy (non-hydrogen) atoms. The molecule has 0 aliphatic carbocycles. The van der Waals surface area contributed by atoms with Gasteiger partial charge in [-0.05, 0) is 24.3 Å². The lowest BCUT2D eigenvalue weighted by Gasteiger charge is -2.10. The molecule has 0 aromatic heterocycles. The van der Waals surface area contributed by atoms with Gasteiger partial charge in [0, 0.05) is 6.07 Å². The van der Waals surface area contributed by atoms with E-state index in [2.05, 4.69) is 0 Å². The van der Waals surface area contributed by atoms with Crippen LogP contribution in [-0.2, 0) is 0 Å². The van der Waals surface area contributed by atoms with Crippen LogP contribution in [0.5, 0.6) is 11.5 Å². The molecule has 88 valence electrons. The third kappa shape index (κ3) is 2.17. The fourth-order valence-electron chi connectivity index (χ4n) is 1.39. The van der Waals surface area contributed by atoms with Crippen LogP contribution in [0.1, 0.15) is 0 Å². The van der Waals surface area contributed by atoms with Crippen LogP contribution in [0.2, 0.25) is 0 Å². The summed E-state index contributed by atoms with van der Waals surface area (Å²) in [6, 6.07) is 10.2. The number of nitrogens with two attached hydrogens (primary N) is 4. The van der Waals surface area contributed by atoms with Crippen molar-refractivity contribution in [2.75, 3.05) is 22.9 Å². The molecule has 0 unspecified atom stereocenters. The highest BCUT2D eigenvalue weighted by Gasteiger charge is 2.05. The minimum Gasteiger partial charge on any atom is -0.455 e. The summed E-state index contributed by atoms with van der Waals surface area (Å²) < 4.78 is 5.59. The van der Waals surface area contributed by atoms with Crippen molar-refractivity contribution in [3.63, 3.8) is 0 Å². The van der Waals surface area contributed by atoms with Crippen molar-refractivity contribution >= 4 is 22.7 Å². The molecule has 2 rings (SSSR count). The van der Waals surface area contributed by atoms with Gasteiger partial charge in [0.2, 0.25) is 0 Å². The van der Waals surface area contributed by atoms with Gasteiger partial charge in [0.15, 0.2) is 5.75 Å². The van der Waals surface area contributed by atoms with E-state index in [1.165, 1.54) is 0 Å². The van der Waals surface area contributed by atoms with Gasteiger partial charge in [-0.1, -0.05) is 6.07 Å². The number of rotatable bonds is 2. The van der Waals surface area contributed by atoms with Gasteiger partial charge in [0.1, 0.15) is 5.75 Å². The molecule has 0 fully saturated rings. The molecule has 0 saturated heterocycles. The lowest BCUT2D eigenvalue weighted by molar-refractivity contribution is 0.485. The molecule has 0 heterocycles. The summed E-state index contributed by atoms with van der Waals surface area (Å²) >= 11 is 0. The maximum Gasteiger partial charge on any atom is 0.152 e. The molecule has 0 aliphatic rings. The maximum atomic E-state index is 5.79. The molecule has 2 aromatic carbocycles. The highest BCUT2D eigenvalue weighted by atomic mass is 16.5. The van der Waals surface area contributed by atoms with Crippen molar-refractivity contribution in [3.05, 3.63) is 36.4 Å². The van der Waals surface area contributed by atoms with Crippen LogP contribution in [0.25, 0.3) is 0 Å². The fourth-order valence-corrected chi connectivity index (χ4v) is 1.39. The summed E-state index contributed by atoms with van der Waals surface area (Å²) in [4.78, 5) is 0. The Balaban J connectivity index is 2.31. The molecular formula is C12H14N4O. The van der Waals surface area contributed by atoms with E-state index < -0.39 is 0 Å². The van der Waals surface area contributed by atoms with Crippen LogP contribution in [0, 0.1) is 0 Å². The van der Waals surface area contributed by atoms with E-state index in [1.54, 1.807) is 36.4 Å². The SMILES string of the molecule is Nc1ccc(Oc2cccc(N)c2N)cc1N. The first-order valence-corrected chi connectivity index (χ1v) is 5.04. The van der Waals surface area contributed by atoms with E-state index >= 15 is 0 Å². The quantitative estimate of drug-likeness (QED) is 0.587. The normalized spacial score (nSPS) is 10.1. The zero-order chi connectivity index (χ0) is 12.4. The number of ether oxygens (including phenoxy) is 1. The van der Waals surface area contributed by atoms with E-state index in [1.807, 2.05) is 0 Å². The third-order valence-corrected chi connectivity index (χ3v) is 2.39. The van der Waals surface area contributed by atoms with Crippen molar-refractivity contribution in [1.82, 2.24) is 0 Å². The first-order valence-electron chi connectivity index (χ1n) is 5.04. The average molecular weight is 230 g/mol. The van der Waals surface area contributed by atoms with Gasteiger partial charge in [0.05, 0.1) is 22.7 Å². The van der Waals surface area contributed by atoms with Crippen molar-refractivity contribution in [3.8, 4) is 11.5 Å². The Morgan fingerprint density at radius 3 is 2.24 bits per heavy atom. The van der Waals surface area contributed by atoms with Crippen LogP contribution in [0.15, 0.2) is 36.4 Å². The topological polar surface area (TPSA) is 113 Å². The zero-order valence-corrected chi connectivity index (χ0v) is 9.18. The summed E-state index contributed by atoms with van der Waals surface area (Å²) in [7, 11) is 0. The summed E-state index contributed by atoms with van der Waals surface area (Å²) in [6.45, 7) is 0. The number of para-hydroxylation sites is 1. The molecule has 0 saturated carbocycles. The number of nitrogen functional groups attached to an aromatic ring is 4. The Kier molecular flexibility index (Phi) is 2.66. The van der Waals surface area contributed by atoms with Gasteiger partial charge in [-0.15, -0.1) is 0 Å². The lowest BCUT2D eigenvalue weighted by atomic mass is 10.2. The monoisotopic (exact) mass is 230 g/mol. The molecule has 2 aromatic rings. The van der Waals surface area contributed by atoms with Crippen molar-refractivity contribution in [1.29, 1.82) is 0 Å². The largest absolute Gasteiger partial charge is 0.455 e. The smallest absolute Gasteiger partial charge is 0.152 e. The predicted molar refractivity (Wildman–Crippen MR) is 70.6 cm³/mol. The van der Waals surface area contributed by atoms with Crippen molar-refractivity contribution in [2.24, 2.45) is 0 Å². The molecule has 0 bridgehead atoms. The molecule has 0 atom stereocenters. The van der Waals surface area contributed by atoms with Gasteiger partial charge in [0.25, 0.3) is 0 Å². The maximum absolute atomic E-state index is 5.79. The Labute approximate surface area is 99.0 Å². The summed E-state index contributed by atoms with van der Waals surface area (Å²) in [6.07, 6.45) is 0. The molecule has 0 spiro atoms. The molecule has 5 heteroatoms. The number of hydrogen-bond donors (Lipinski definition) is 4. The van der Waals surface area contributed by atoms with Crippen LogP contribution in [0.3, 0.4) is 0 Å². The molecule has 0 radical (unpaired) electrons. The van der Waals surface area contributed by atoms with Gasteiger partial charge >= 0.3 is 0 Å². The number of hydrogen-bond acceptors (Lipinski definition) is 5. The van der Waals surface area contributed by atoms with Crippen LogP contribution in [-0.4, -0.2) is 0 Å². The highest BCUT2D eigenvalue weighted by Crippen LogP contribution is 2.32. The second-order valence-corrected chi connectivity index (χ2v) is 3.65. The van der Waals surface area contributed by atoms with Crippen molar-refractivity contribution in [2.45, 2.75) is 0 Å². The summed E-state index contributed by atoms with van der Waals surface area (Å²) in [5, 5.41) is 0. The number of benzene rings is 2. The van der Waals surface area contributed by atoms with Gasteiger partial charge in [-0.3, -0.25) is 0 Å². The first kappa shape index (κ1) is 10.9. The van der Waals surface area contributed by atoms with Gasteiger partial charge < -0.3 is 27.7 Å². The zero-order valence-electron chi connectivity index (χ0n) is 9.18. The Bertz CT molecular complexity index is 554. The number of anilines is 4. The van der Waals surface area contributed by atoms with E-state index in [0.717, 1.165) is 0 Å². The molecule has 0 aliphatic heterocycles. The Morgan fingerprint density at radius 1 is 0.765 bits per heavy atom. The summed E-state index contributed by atoms with van der Waals surface area (Å²) in [5.41, 5.74) is 24.6. The van der Waals surface area contributed by atoms with E-state index in [9.17, 15) is 0 Å². The van der Waals surface area contributed by atoms with Gasteiger partial charge in [-0.25, -0.2) is 0 Å². The minimum atomic E-state index is 0.405. The minimum absolute atomic E-state index is 0.405. The Morgan fingerprint density at radius 2 is 1.53 bits per heavy atom.